The van der Waals surface area contributed by atoms with Crippen LogP contribution in [0.2, 0.25) is 0 Å². The number of nitrogens with one attached hydrogen (secondary N) is 2. The lowest BCUT2D eigenvalue weighted by molar-refractivity contribution is -0.127. The Morgan fingerprint density at radius 3 is 2.53 bits per heavy atom. The minimum atomic E-state index is -0.310. The van der Waals surface area contributed by atoms with Crippen molar-refractivity contribution in [1.29, 1.82) is 0 Å². The lowest BCUT2D eigenvalue weighted by Gasteiger charge is -2.02. The second kappa shape index (κ2) is 7.86. The fourth-order valence-corrected chi connectivity index (χ4v) is 1.25. The predicted molar refractivity (Wildman–Crippen MR) is 72.0 cm³/mol. The highest BCUT2D eigenvalue weighted by molar-refractivity contribution is 5.82. The number of amides is 2. The Morgan fingerprint density at radius 2 is 1.95 bits per heavy atom. The smallest absolute Gasteiger partial charge is 0.240 e. The number of ether oxygens (including phenoxy) is 1. The molecule has 0 radical (unpaired) electrons. The number of hydrogen-bond acceptors (Lipinski definition) is 4. The molecule has 6 nitrogen and oxygen atoms in total. The molecule has 0 aliphatic rings. The first kappa shape index (κ1) is 14.7. The minimum Gasteiger partial charge on any atom is -0.497 e. The van der Waals surface area contributed by atoms with Crippen LogP contribution in [-0.2, 0) is 9.59 Å². The van der Waals surface area contributed by atoms with Gasteiger partial charge in [0.15, 0.2) is 0 Å². The average molecular weight is 263 g/mol. The highest BCUT2D eigenvalue weighted by atomic mass is 16.5. The normalized spacial score (nSPS) is 10.2. The third kappa shape index (κ3) is 6.21. The van der Waals surface area contributed by atoms with Crippen LogP contribution in [0.15, 0.2) is 29.3 Å². The van der Waals surface area contributed by atoms with Crippen LogP contribution in [0.25, 0.3) is 0 Å². The molecule has 1 aromatic carbocycles. The van der Waals surface area contributed by atoms with E-state index in [1.807, 2.05) is 24.3 Å². The van der Waals surface area contributed by atoms with Gasteiger partial charge in [-0.2, -0.15) is 0 Å². The van der Waals surface area contributed by atoms with Gasteiger partial charge in [-0.25, -0.2) is 0 Å². The lowest BCUT2D eigenvalue weighted by Crippen LogP contribution is -2.40. The van der Waals surface area contributed by atoms with Crippen molar-refractivity contribution in [3.05, 3.63) is 29.8 Å². The van der Waals surface area contributed by atoms with Crippen molar-refractivity contribution >= 4 is 18.0 Å². The molecule has 0 bridgehead atoms. The maximum Gasteiger partial charge on any atom is 0.240 e. The number of carbonyl (C=O) groups excluding carboxylic acids is 2. The molecule has 2 amide bonds. The molecule has 0 aromatic heterocycles. The van der Waals surface area contributed by atoms with Crippen LogP contribution < -0.4 is 15.6 Å². The first-order valence-electron chi connectivity index (χ1n) is 5.81. The van der Waals surface area contributed by atoms with Crippen molar-refractivity contribution in [2.45, 2.75) is 13.3 Å². The summed E-state index contributed by atoms with van der Waals surface area (Å²) in [6.45, 7) is 1.68. The Morgan fingerprint density at radius 1 is 1.26 bits per heavy atom. The van der Waals surface area contributed by atoms with E-state index < -0.39 is 0 Å². The first-order chi connectivity index (χ1) is 9.11. The van der Waals surface area contributed by atoms with Gasteiger partial charge >= 0.3 is 0 Å². The summed E-state index contributed by atoms with van der Waals surface area (Å²) in [6, 6.07) is 7.43. The zero-order valence-corrected chi connectivity index (χ0v) is 11.0. The number of benzene rings is 1. The first-order valence-corrected chi connectivity index (χ1v) is 5.81. The molecule has 0 aliphatic heterocycles. The molecule has 2 N–H and O–H groups in total. The highest BCUT2D eigenvalue weighted by Gasteiger charge is 1.99. The van der Waals surface area contributed by atoms with Crippen LogP contribution in [0.5, 0.6) is 5.75 Å². The number of nitrogens with zero attached hydrogens (tertiary/aromatic N) is 1. The van der Waals surface area contributed by atoms with Crippen LogP contribution in [0, 0.1) is 0 Å². The van der Waals surface area contributed by atoms with Gasteiger partial charge in [-0.3, -0.25) is 25.4 Å². The number of methoxy groups -OCH3 is 1. The van der Waals surface area contributed by atoms with Crippen molar-refractivity contribution < 1.29 is 14.3 Å². The summed E-state index contributed by atoms with van der Waals surface area (Å²) in [7, 11) is 1.61. The van der Waals surface area contributed by atoms with Gasteiger partial charge in [0.1, 0.15) is 5.75 Å². The number of carbonyl (C=O) groups is 2. The van der Waals surface area contributed by atoms with E-state index in [0.29, 0.717) is 6.54 Å². The monoisotopic (exact) mass is 263 g/mol. The summed E-state index contributed by atoms with van der Waals surface area (Å²) < 4.78 is 5.04. The fraction of sp³-hybridized carbons (Fsp3) is 0.308. The largest absolute Gasteiger partial charge is 0.497 e. The topological polar surface area (TPSA) is 79.8 Å². The van der Waals surface area contributed by atoms with E-state index in [0.717, 1.165) is 11.3 Å². The molecule has 0 fully saturated rings. The molecule has 0 heterocycles. The standard InChI is InChI=1S/C13H17N3O3/c1-10(17)15-16-13(18)7-8-14-9-11-3-5-12(19-2)6-4-11/h3-6,9H,7-8H2,1-2H3,(H,15,17)(H,16,18). The van der Waals surface area contributed by atoms with Gasteiger partial charge in [0.25, 0.3) is 0 Å². The molecule has 0 saturated heterocycles. The third-order valence-electron chi connectivity index (χ3n) is 2.20. The lowest BCUT2D eigenvalue weighted by atomic mass is 10.2. The molecule has 0 aliphatic carbocycles. The number of hydrogen-bond donors (Lipinski definition) is 2. The Bertz CT molecular complexity index is 455. The van der Waals surface area contributed by atoms with Gasteiger partial charge in [0, 0.05) is 26.1 Å². The van der Waals surface area contributed by atoms with Crippen molar-refractivity contribution in [3.63, 3.8) is 0 Å². The molecular weight excluding hydrogens is 246 g/mol. The average Bonchev–Trinajstić information content (AvgIpc) is 2.42. The van der Waals surface area contributed by atoms with E-state index in [1.54, 1.807) is 13.3 Å². The summed E-state index contributed by atoms with van der Waals surface area (Å²) in [5, 5.41) is 0. The van der Waals surface area contributed by atoms with Crippen LogP contribution in [0.4, 0.5) is 0 Å². The maximum atomic E-state index is 11.2. The Labute approximate surface area is 111 Å². The van der Waals surface area contributed by atoms with Crippen molar-refractivity contribution in [3.8, 4) is 5.75 Å². The Kier molecular flexibility index (Phi) is 6.08. The van der Waals surface area contributed by atoms with Crippen molar-refractivity contribution in [2.24, 2.45) is 4.99 Å². The zero-order valence-electron chi connectivity index (χ0n) is 11.0. The molecule has 0 unspecified atom stereocenters. The quantitative estimate of drug-likeness (QED) is 0.605. The van der Waals surface area contributed by atoms with Crippen LogP contribution >= 0.6 is 0 Å². The predicted octanol–water partition coefficient (Wildman–Crippen LogP) is 0.671. The van der Waals surface area contributed by atoms with E-state index in [1.165, 1.54) is 6.92 Å². The number of hydrazine groups is 1. The minimum absolute atomic E-state index is 0.215. The molecule has 0 saturated carbocycles. The van der Waals surface area contributed by atoms with Gasteiger partial charge in [-0.1, -0.05) is 0 Å². The molecule has 6 heteroatoms. The third-order valence-corrected chi connectivity index (χ3v) is 2.20. The van der Waals surface area contributed by atoms with Gasteiger partial charge in [0.05, 0.1) is 7.11 Å². The summed E-state index contributed by atoms with van der Waals surface area (Å²) in [4.78, 5) is 25.9. The van der Waals surface area contributed by atoms with E-state index in [-0.39, 0.29) is 18.2 Å². The molecule has 1 aromatic rings. The van der Waals surface area contributed by atoms with Crippen LogP contribution in [-0.4, -0.2) is 31.7 Å². The molecular formula is C13H17N3O3. The Hall–Kier alpha value is -2.37. The van der Waals surface area contributed by atoms with Gasteiger partial charge in [-0.05, 0) is 29.8 Å². The van der Waals surface area contributed by atoms with Crippen molar-refractivity contribution in [1.82, 2.24) is 10.9 Å². The van der Waals surface area contributed by atoms with Crippen LogP contribution in [0.1, 0.15) is 18.9 Å². The van der Waals surface area contributed by atoms with E-state index in [9.17, 15) is 9.59 Å². The second-order valence-corrected chi connectivity index (χ2v) is 3.79. The second-order valence-electron chi connectivity index (χ2n) is 3.79. The zero-order chi connectivity index (χ0) is 14.1. The summed E-state index contributed by atoms with van der Waals surface area (Å²) >= 11 is 0. The summed E-state index contributed by atoms with van der Waals surface area (Å²) in [6.07, 6.45) is 1.90. The molecule has 102 valence electrons. The van der Waals surface area contributed by atoms with Crippen molar-refractivity contribution in [2.75, 3.05) is 13.7 Å². The number of aliphatic imine (C=N–C) groups is 1. The maximum absolute atomic E-state index is 11.2. The highest BCUT2D eigenvalue weighted by Crippen LogP contribution is 2.09. The SMILES string of the molecule is COc1ccc(C=NCCC(=O)NNC(C)=O)cc1. The fourth-order valence-electron chi connectivity index (χ4n) is 1.25. The van der Waals surface area contributed by atoms with Gasteiger partial charge in [0.2, 0.25) is 11.8 Å². The molecule has 1 rings (SSSR count). The number of rotatable bonds is 5. The molecule has 19 heavy (non-hydrogen) atoms. The molecule has 0 spiro atoms. The van der Waals surface area contributed by atoms with Gasteiger partial charge in [-0.15, -0.1) is 0 Å². The molecule has 0 atom stereocenters. The summed E-state index contributed by atoms with van der Waals surface area (Å²) in [5.41, 5.74) is 5.41. The van der Waals surface area contributed by atoms with Gasteiger partial charge < -0.3 is 4.74 Å². The van der Waals surface area contributed by atoms with E-state index in [2.05, 4.69) is 15.8 Å². The Balaban J connectivity index is 2.29. The van der Waals surface area contributed by atoms with Crippen LogP contribution in [0.3, 0.4) is 0 Å². The van der Waals surface area contributed by atoms with E-state index in [4.69, 9.17) is 4.74 Å². The van der Waals surface area contributed by atoms with E-state index >= 15 is 0 Å². The summed E-state index contributed by atoms with van der Waals surface area (Å²) in [5.74, 6) is 0.198.